The van der Waals surface area contributed by atoms with Crippen LogP contribution in [0.15, 0.2) is 54.6 Å². The molecule has 0 N–H and O–H groups in total. The molecule has 1 atom stereocenters. The first-order chi connectivity index (χ1) is 15.2. The molecule has 0 radical (unpaired) electrons. The topological polar surface area (TPSA) is 69.7 Å². The third-order valence-corrected chi connectivity index (χ3v) is 8.52. The molecule has 0 fully saturated rings. The largest absolute Gasteiger partial charge is 0.496 e. The van der Waals surface area contributed by atoms with Crippen molar-refractivity contribution in [2.24, 2.45) is 0 Å². The molecule has 32 heavy (non-hydrogen) atoms. The Hall–Kier alpha value is -3.17. The predicted octanol–water partition coefficient (Wildman–Crippen LogP) is 5.61. The highest BCUT2D eigenvalue weighted by Crippen LogP contribution is 2.54. The van der Waals surface area contributed by atoms with Gasteiger partial charge in [-0.15, -0.1) is 0 Å². The molecule has 6 heteroatoms. The monoisotopic (exact) mass is 450 g/mol. The van der Waals surface area contributed by atoms with Gasteiger partial charge in [0.05, 0.1) is 14.2 Å². The SMILES string of the molecule is COc1cccc(OC)c1C(=O)P(=O)(C(=O)c1c(C)cc(C)c(C)c1C)c1ccccc1. The molecule has 0 spiro atoms. The highest BCUT2D eigenvalue weighted by atomic mass is 31.2. The fourth-order valence-corrected chi connectivity index (χ4v) is 6.39. The Labute approximate surface area is 188 Å². The van der Waals surface area contributed by atoms with Crippen LogP contribution in [-0.2, 0) is 4.57 Å². The van der Waals surface area contributed by atoms with Crippen molar-refractivity contribution in [1.82, 2.24) is 0 Å². The van der Waals surface area contributed by atoms with Crippen molar-refractivity contribution in [3.05, 3.63) is 88.0 Å². The van der Waals surface area contributed by atoms with Crippen molar-refractivity contribution in [3.63, 3.8) is 0 Å². The van der Waals surface area contributed by atoms with E-state index in [1.54, 1.807) is 55.5 Å². The lowest BCUT2D eigenvalue weighted by Crippen LogP contribution is -2.23. The van der Waals surface area contributed by atoms with Crippen molar-refractivity contribution in [3.8, 4) is 11.5 Å². The highest BCUT2D eigenvalue weighted by molar-refractivity contribution is 8.01. The smallest absolute Gasteiger partial charge is 0.249 e. The summed E-state index contributed by atoms with van der Waals surface area (Å²) >= 11 is 0. The van der Waals surface area contributed by atoms with Gasteiger partial charge in [0.2, 0.25) is 18.2 Å². The Morgan fingerprint density at radius 3 is 1.75 bits per heavy atom. The molecule has 3 aromatic carbocycles. The van der Waals surface area contributed by atoms with Gasteiger partial charge in [-0.1, -0.05) is 42.5 Å². The number of hydrogen-bond acceptors (Lipinski definition) is 5. The number of hydrogen-bond donors (Lipinski definition) is 0. The van der Waals surface area contributed by atoms with Gasteiger partial charge in [-0.05, 0) is 62.1 Å². The van der Waals surface area contributed by atoms with Gasteiger partial charge in [0, 0.05) is 10.9 Å². The van der Waals surface area contributed by atoms with E-state index in [0.29, 0.717) is 11.1 Å². The summed E-state index contributed by atoms with van der Waals surface area (Å²) in [5.41, 5.74) is 2.21. The second kappa shape index (κ2) is 9.13. The lowest BCUT2D eigenvalue weighted by atomic mass is 9.95. The van der Waals surface area contributed by atoms with Crippen LogP contribution in [0.1, 0.15) is 43.0 Å². The number of methoxy groups -OCH3 is 2. The number of aryl methyl sites for hydroxylation is 2. The van der Waals surface area contributed by atoms with Gasteiger partial charge in [-0.25, -0.2) is 0 Å². The summed E-state index contributed by atoms with van der Waals surface area (Å²) in [7, 11) is -1.47. The third-order valence-electron chi connectivity index (χ3n) is 5.90. The van der Waals surface area contributed by atoms with E-state index < -0.39 is 18.2 Å². The molecule has 3 rings (SSSR count). The zero-order valence-corrected chi connectivity index (χ0v) is 20.1. The second-order valence-electron chi connectivity index (χ2n) is 7.73. The van der Waals surface area contributed by atoms with Crippen molar-refractivity contribution in [2.75, 3.05) is 14.2 Å². The van der Waals surface area contributed by atoms with E-state index in [-0.39, 0.29) is 22.4 Å². The van der Waals surface area contributed by atoms with E-state index in [9.17, 15) is 14.2 Å². The van der Waals surface area contributed by atoms with Crippen LogP contribution < -0.4 is 14.8 Å². The highest BCUT2D eigenvalue weighted by Gasteiger charge is 2.46. The normalized spacial score (nSPS) is 12.7. The molecule has 1 unspecified atom stereocenters. The summed E-state index contributed by atoms with van der Waals surface area (Å²) < 4.78 is 25.4. The van der Waals surface area contributed by atoms with Crippen LogP contribution in [0.25, 0.3) is 0 Å². The van der Waals surface area contributed by atoms with E-state index in [1.165, 1.54) is 14.2 Å². The first-order valence-electron chi connectivity index (χ1n) is 10.2. The lowest BCUT2D eigenvalue weighted by molar-refractivity contribution is 0.103. The summed E-state index contributed by atoms with van der Waals surface area (Å²) in [5.74, 6) is 0.402. The third kappa shape index (κ3) is 3.78. The molecule has 0 aromatic heterocycles. The summed E-state index contributed by atoms with van der Waals surface area (Å²) in [6.07, 6.45) is 0. The van der Waals surface area contributed by atoms with E-state index in [4.69, 9.17) is 9.47 Å². The van der Waals surface area contributed by atoms with E-state index in [2.05, 4.69) is 0 Å². The van der Waals surface area contributed by atoms with Crippen LogP contribution in [0.4, 0.5) is 0 Å². The van der Waals surface area contributed by atoms with Gasteiger partial charge in [0.25, 0.3) is 0 Å². The van der Waals surface area contributed by atoms with E-state index >= 15 is 0 Å². The van der Waals surface area contributed by atoms with Crippen LogP contribution in [0.5, 0.6) is 11.5 Å². The van der Waals surface area contributed by atoms with Gasteiger partial charge in [0.15, 0.2) is 0 Å². The molecular formula is C26H27O5P. The van der Waals surface area contributed by atoms with Crippen LogP contribution in [-0.4, -0.2) is 25.3 Å². The van der Waals surface area contributed by atoms with Crippen molar-refractivity contribution in [1.29, 1.82) is 0 Å². The number of ether oxygens (including phenoxy) is 2. The van der Waals surface area contributed by atoms with E-state index in [1.807, 2.05) is 26.8 Å². The van der Waals surface area contributed by atoms with Crippen molar-refractivity contribution in [2.45, 2.75) is 27.7 Å². The molecule has 0 heterocycles. The van der Waals surface area contributed by atoms with Gasteiger partial charge in [0.1, 0.15) is 17.1 Å². The molecule has 0 bridgehead atoms. The number of carbonyl (C=O) groups is 2. The average Bonchev–Trinajstić information content (AvgIpc) is 2.81. The molecule has 0 saturated carbocycles. The first kappa shape index (κ1) is 23.5. The Morgan fingerprint density at radius 2 is 1.22 bits per heavy atom. The molecule has 0 aliphatic carbocycles. The van der Waals surface area contributed by atoms with Crippen molar-refractivity contribution >= 4 is 23.5 Å². The molecular weight excluding hydrogens is 423 g/mol. The lowest BCUT2D eigenvalue weighted by Gasteiger charge is -2.22. The van der Waals surface area contributed by atoms with Crippen LogP contribution in [0.3, 0.4) is 0 Å². The minimum absolute atomic E-state index is 0.00261. The van der Waals surface area contributed by atoms with Gasteiger partial charge < -0.3 is 14.0 Å². The fraction of sp³-hybridized carbons (Fsp3) is 0.231. The van der Waals surface area contributed by atoms with Crippen LogP contribution in [0.2, 0.25) is 0 Å². The number of rotatable bonds is 7. The van der Waals surface area contributed by atoms with Gasteiger partial charge >= 0.3 is 0 Å². The summed E-state index contributed by atoms with van der Waals surface area (Å²) in [4.78, 5) is 28.0. The summed E-state index contributed by atoms with van der Waals surface area (Å²) in [6, 6.07) is 14.9. The van der Waals surface area contributed by atoms with Gasteiger partial charge in [-0.3, -0.25) is 9.59 Å². The summed E-state index contributed by atoms with van der Waals surface area (Å²) in [6.45, 7) is 7.51. The maximum Gasteiger partial charge on any atom is 0.249 e. The number of benzene rings is 3. The van der Waals surface area contributed by atoms with Crippen molar-refractivity contribution < 1.29 is 23.6 Å². The Balaban J connectivity index is 2.35. The quantitative estimate of drug-likeness (QED) is 0.438. The van der Waals surface area contributed by atoms with Gasteiger partial charge in [-0.2, -0.15) is 0 Å². The minimum Gasteiger partial charge on any atom is -0.496 e. The average molecular weight is 450 g/mol. The molecule has 3 aromatic rings. The molecule has 0 amide bonds. The number of carbonyl (C=O) groups excluding carboxylic acids is 2. The molecule has 5 nitrogen and oxygen atoms in total. The zero-order valence-electron chi connectivity index (χ0n) is 19.2. The standard InChI is InChI=1S/C26H27O5P/c1-16-15-17(2)23(19(4)18(16)3)25(27)32(29,20-11-8-7-9-12-20)26(28)24-21(30-5)13-10-14-22(24)31-6/h7-15H,1-6H3. The van der Waals surface area contributed by atoms with Crippen LogP contribution in [0, 0.1) is 27.7 Å². The maximum atomic E-state index is 14.6. The second-order valence-corrected chi connectivity index (χ2v) is 10.3. The Morgan fingerprint density at radius 1 is 0.688 bits per heavy atom. The fourth-order valence-electron chi connectivity index (χ4n) is 3.95. The zero-order chi connectivity index (χ0) is 23.6. The molecule has 0 saturated heterocycles. The maximum absolute atomic E-state index is 14.6. The molecule has 0 aliphatic rings. The van der Waals surface area contributed by atoms with Crippen LogP contribution >= 0.6 is 7.14 Å². The summed E-state index contributed by atoms with van der Waals surface area (Å²) in [5, 5.41) is 0.181. The van der Waals surface area contributed by atoms with E-state index in [0.717, 1.165) is 16.7 Å². The molecule has 166 valence electrons. The predicted molar refractivity (Wildman–Crippen MR) is 127 cm³/mol. The Bertz CT molecular complexity index is 1220. The first-order valence-corrected chi connectivity index (χ1v) is 11.9. The Kier molecular flexibility index (Phi) is 6.71. The molecule has 0 aliphatic heterocycles. The minimum atomic E-state index is -4.30.